The molecule has 3 rings (SSSR count). The van der Waals surface area contributed by atoms with E-state index >= 15 is 0 Å². The average molecular weight is 319 g/mol. The number of carbonyl (C=O) groups is 1. The summed E-state index contributed by atoms with van der Waals surface area (Å²) in [5, 5.41) is 3.17. The van der Waals surface area contributed by atoms with E-state index < -0.39 is 0 Å². The molecule has 1 saturated heterocycles. The molecule has 23 heavy (non-hydrogen) atoms. The van der Waals surface area contributed by atoms with Gasteiger partial charge < -0.3 is 15.1 Å². The van der Waals surface area contributed by atoms with Crippen molar-refractivity contribution in [1.29, 1.82) is 0 Å². The van der Waals surface area contributed by atoms with Crippen molar-refractivity contribution in [3.05, 3.63) is 30.1 Å². The van der Waals surface area contributed by atoms with Gasteiger partial charge in [0.15, 0.2) is 0 Å². The molecule has 1 heterocycles. The zero-order valence-corrected chi connectivity index (χ0v) is 13.8. The highest BCUT2D eigenvalue weighted by Crippen LogP contribution is 2.24. The van der Waals surface area contributed by atoms with Crippen LogP contribution in [0, 0.1) is 11.7 Å². The van der Waals surface area contributed by atoms with Gasteiger partial charge in [-0.05, 0) is 43.7 Å². The SMILES string of the molecule is CC1CCC(NC(=O)N2CCN(c3ccccc3F)CC2)CC1. The Morgan fingerprint density at radius 1 is 1.09 bits per heavy atom. The lowest BCUT2D eigenvalue weighted by Gasteiger charge is -2.37. The summed E-state index contributed by atoms with van der Waals surface area (Å²) in [6, 6.07) is 7.20. The fraction of sp³-hybridized carbons (Fsp3) is 0.611. The second-order valence-electron chi connectivity index (χ2n) is 6.83. The van der Waals surface area contributed by atoms with Crippen molar-refractivity contribution in [3.8, 4) is 0 Å². The maximum atomic E-state index is 13.8. The van der Waals surface area contributed by atoms with Crippen LogP contribution >= 0.6 is 0 Å². The summed E-state index contributed by atoms with van der Waals surface area (Å²) < 4.78 is 13.8. The Balaban J connectivity index is 1.49. The first-order valence-corrected chi connectivity index (χ1v) is 8.68. The molecule has 0 aromatic heterocycles. The minimum atomic E-state index is -0.193. The van der Waals surface area contributed by atoms with Gasteiger partial charge in [-0.25, -0.2) is 9.18 Å². The van der Waals surface area contributed by atoms with Gasteiger partial charge in [-0.1, -0.05) is 19.1 Å². The van der Waals surface area contributed by atoms with E-state index in [1.807, 2.05) is 15.9 Å². The van der Waals surface area contributed by atoms with Gasteiger partial charge in [0.25, 0.3) is 0 Å². The molecular weight excluding hydrogens is 293 g/mol. The molecule has 2 amide bonds. The van der Waals surface area contributed by atoms with Gasteiger partial charge in [-0.3, -0.25) is 0 Å². The van der Waals surface area contributed by atoms with Crippen LogP contribution in [-0.4, -0.2) is 43.2 Å². The molecule has 5 heteroatoms. The van der Waals surface area contributed by atoms with Crippen molar-refractivity contribution in [3.63, 3.8) is 0 Å². The highest BCUT2D eigenvalue weighted by Gasteiger charge is 2.25. The lowest BCUT2D eigenvalue weighted by Crippen LogP contribution is -2.54. The number of nitrogens with zero attached hydrogens (tertiary/aromatic N) is 2. The molecule has 1 aliphatic carbocycles. The summed E-state index contributed by atoms with van der Waals surface area (Å²) in [6.07, 6.45) is 4.57. The fourth-order valence-corrected chi connectivity index (χ4v) is 3.53. The Kier molecular flexibility index (Phi) is 5.03. The third kappa shape index (κ3) is 3.95. The quantitative estimate of drug-likeness (QED) is 0.908. The van der Waals surface area contributed by atoms with E-state index in [1.54, 1.807) is 12.1 Å². The molecule has 1 aromatic rings. The number of benzene rings is 1. The molecule has 1 N–H and O–H groups in total. The van der Waals surface area contributed by atoms with Crippen LogP contribution in [0.3, 0.4) is 0 Å². The zero-order valence-electron chi connectivity index (χ0n) is 13.8. The number of nitrogens with one attached hydrogen (secondary N) is 1. The molecule has 0 radical (unpaired) electrons. The third-order valence-corrected chi connectivity index (χ3v) is 5.10. The van der Waals surface area contributed by atoms with Crippen LogP contribution in [0.2, 0.25) is 0 Å². The molecule has 4 nitrogen and oxygen atoms in total. The number of rotatable bonds is 2. The van der Waals surface area contributed by atoms with Crippen LogP contribution in [0.25, 0.3) is 0 Å². The van der Waals surface area contributed by atoms with Gasteiger partial charge in [0.2, 0.25) is 0 Å². The number of piperazine rings is 1. The highest BCUT2D eigenvalue weighted by molar-refractivity contribution is 5.75. The fourth-order valence-electron chi connectivity index (χ4n) is 3.53. The summed E-state index contributed by atoms with van der Waals surface area (Å²) >= 11 is 0. The Hall–Kier alpha value is -1.78. The smallest absolute Gasteiger partial charge is 0.317 e. The van der Waals surface area contributed by atoms with Crippen LogP contribution in [-0.2, 0) is 0 Å². The lowest BCUT2D eigenvalue weighted by molar-refractivity contribution is 0.184. The minimum absolute atomic E-state index is 0.0396. The monoisotopic (exact) mass is 319 g/mol. The number of hydrogen-bond donors (Lipinski definition) is 1. The molecule has 2 aliphatic rings. The molecule has 1 aliphatic heterocycles. The highest BCUT2D eigenvalue weighted by atomic mass is 19.1. The van der Waals surface area contributed by atoms with Crippen molar-refractivity contribution in [2.45, 2.75) is 38.6 Å². The average Bonchev–Trinajstić information content (AvgIpc) is 2.57. The van der Waals surface area contributed by atoms with Crippen molar-refractivity contribution < 1.29 is 9.18 Å². The van der Waals surface area contributed by atoms with Gasteiger partial charge in [0.1, 0.15) is 5.82 Å². The van der Waals surface area contributed by atoms with Gasteiger partial charge in [-0.2, -0.15) is 0 Å². The van der Waals surface area contributed by atoms with E-state index in [9.17, 15) is 9.18 Å². The van der Waals surface area contributed by atoms with Gasteiger partial charge in [0, 0.05) is 32.2 Å². The third-order valence-electron chi connectivity index (χ3n) is 5.10. The molecule has 2 fully saturated rings. The first kappa shape index (κ1) is 16.1. The molecule has 1 aromatic carbocycles. The molecule has 1 saturated carbocycles. The minimum Gasteiger partial charge on any atom is -0.366 e. The zero-order chi connectivity index (χ0) is 16.2. The number of carbonyl (C=O) groups excluding carboxylic acids is 1. The maximum absolute atomic E-state index is 13.8. The van der Waals surface area contributed by atoms with Crippen LogP contribution in [0.5, 0.6) is 0 Å². The largest absolute Gasteiger partial charge is 0.366 e. The van der Waals surface area contributed by atoms with E-state index in [4.69, 9.17) is 0 Å². The first-order valence-electron chi connectivity index (χ1n) is 8.68. The predicted octanol–water partition coefficient (Wildman–Crippen LogP) is 3.24. The number of halogens is 1. The second kappa shape index (κ2) is 7.20. The summed E-state index contributed by atoms with van der Waals surface area (Å²) in [5.41, 5.74) is 0.633. The van der Waals surface area contributed by atoms with Crippen molar-refractivity contribution in [2.24, 2.45) is 5.92 Å². The van der Waals surface area contributed by atoms with E-state index in [-0.39, 0.29) is 11.8 Å². The number of amides is 2. The predicted molar refractivity (Wildman–Crippen MR) is 90.1 cm³/mol. The van der Waals surface area contributed by atoms with Crippen molar-refractivity contribution >= 4 is 11.7 Å². The van der Waals surface area contributed by atoms with E-state index in [0.717, 1.165) is 18.8 Å². The van der Waals surface area contributed by atoms with Gasteiger partial charge in [0.05, 0.1) is 5.69 Å². The number of urea groups is 1. The van der Waals surface area contributed by atoms with Gasteiger partial charge in [-0.15, -0.1) is 0 Å². The standard InChI is InChI=1S/C18H26FN3O/c1-14-6-8-15(9-7-14)20-18(23)22-12-10-21(11-13-22)17-5-3-2-4-16(17)19/h2-5,14-15H,6-13H2,1H3,(H,20,23). The summed E-state index contributed by atoms with van der Waals surface area (Å²) in [4.78, 5) is 16.3. The Morgan fingerprint density at radius 3 is 2.39 bits per heavy atom. The Bertz CT molecular complexity index is 535. The molecule has 0 bridgehead atoms. The molecule has 0 unspecified atom stereocenters. The van der Waals surface area contributed by atoms with Crippen LogP contribution in [0.4, 0.5) is 14.9 Å². The second-order valence-corrected chi connectivity index (χ2v) is 6.83. The molecule has 0 spiro atoms. The summed E-state index contributed by atoms with van der Waals surface area (Å²) in [5.74, 6) is 0.592. The van der Waals surface area contributed by atoms with Gasteiger partial charge >= 0.3 is 6.03 Å². The molecular formula is C18H26FN3O. The van der Waals surface area contributed by atoms with Crippen molar-refractivity contribution in [1.82, 2.24) is 10.2 Å². The summed E-state index contributed by atoms with van der Waals surface area (Å²) in [7, 11) is 0. The van der Waals surface area contributed by atoms with E-state index in [2.05, 4.69) is 12.2 Å². The molecule has 0 atom stereocenters. The number of para-hydroxylation sites is 1. The Labute approximate surface area is 137 Å². The van der Waals surface area contributed by atoms with E-state index in [1.165, 1.54) is 18.9 Å². The number of anilines is 1. The van der Waals surface area contributed by atoms with Crippen LogP contribution in [0.1, 0.15) is 32.6 Å². The lowest BCUT2D eigenvalue weighted by atomic mass is 9.87. The first-order chi connectivity index (χ1) is 11.1. The number of hydrogen-bond acceptors (Lipinski definition) is 2. The van der Waals surface area contributed by atoms with E-state index in [0.29, 0.717) is 37.9 Å². The molecule has 126 valence electrons. The van der Waals surface area contributed by atoms with Crippen molar-refractivity contribution in [2.75, 3.05) is 31.1 Å². The summed E-state index contributed by atoms with van der Waals surface area (Å²) in [6.45, 7) is 4.92. The maximum Gasteiger partial charge on any atom is 0.317 e. The van der Waals surface area contributed by atoms with Crippen LogP contribution in [0.15, 0.2) is 24.3 Å². The Morgan fingerprint density at radius 2 is 1.74 bits per heavy atom. The van der Waals surface area contributed by atoms with Crippen LogP contribution < -0.4 is 10.2 Å². The normalized spacial score (nSPS) is 25.3. The topological polar surface area (TPSA) is 35.6 Å².